The average molecular weight is 363 g/mol. The van der Waals surface area contributed by atoms with Gasteiger partial charge in [-0.2, -0.15) is 5.10 Å². The Kier molecular flexibility index (Phi) is 6.04. The van der Waals surface area contributed by atoms with Gasteiger partial charge < -0.3 is 10.4 Å². The zero-order valence-electron chi connectivity index (χ0n) is 15.8. The first-order valence-electron chi connectivity index (χ1n) is 9.16. The van der Waals surface area contributed by atoms with Crippen LogP contribution in [0.5, 0.6) is 0 Å². The topological polar surface area (TPSA) is 67.2 Å². The number of aromatic nitrogens is 2. The fourth-order valence-corrected chi connectivity index (χ4v) is 2.85. The van der Waals surface area contributed by atoms with Crippen molar-refractivity contribution in [2.75, 3.05) is 13.2 Å². The Morgan fingerprint density at radius 1 is 1.04 bits per heavy atom. The van der Waals surface area contributed by atoms with Gasteiger partial charge in [0.1, 0.15) is 5.69 Å². The minimum absolute atomic E-state index is 0.0534. The number of nitrogens with one attached hydrogen (secondary N) is 1. The van der Waals surface area contributed by atoms with Gasteiger partial charge in [0, 0.05) is 24.9 Å². The maximum atomic E-state index is 12.6. The largest absolute Gasteiger partial charge is 0.396 e. The van der Waals surface area contributed by atoms with Crippen LogP contribution in [0.3, 0.4) is 0 Å². The van der Waals surface area contributed by atoms with E-state index in [1.165, 1.54) is 5.56 Å². The van der Waals surface area contributed by atoms with E-state index in [2.05, 4.69) is 41.6 Å². The summed E-state index contributed by atoms with van der Waals surface area (Å²) in [5, 5.41) is 16.5. The second-order valence-electron chi connectivity index (χ2n) is 6.77. The van der Waals surface area contributed by atoms with E-state index in [4.69, 9.17) is 5.11 Å². The van der Waals surface area contributed by atoms with E-state index in [0.717, 1.165) is 16.7 Å². The summed E-state index contributed by atoms with van der Waals surface area (Å²) in [7, 11) is 0. The molecule has 0 saturated carbocycles. The highest BCUT2D eigenvalue weighted by Crippen LogP contribution is 2.23. The van der Waals surface area contributed by atoms with Crippen LogP contribution in [0, 0.1) is 13.8 Å². The Bertz CT molecular complexity index is 896. The lowest BCUT2D eigenvalue weighted by Crippen LogP contribution is -2.25. The van der Waals surface area contributed by atoms with Gasteiger partial charge in [-0.25, -0.2) is 0 Å². The molecule has 5 nitrogen and oxygen atoms in total. The van der Waals surface area contributed by atoms with Crippen LogP contribution in [0.25, 0.3) is 11.3 Å². The van der Waals surface area contributed by atoms with Gasteiger partial charge in [0.15, 0.2) is 0 Å². The molecule has 3 aromatic rings. The SMILES string of the molecule is Cc1ccc(Cn2cc(C(=O)NCCCO)c(-c3ccc(C)cc3)n2)cc1. The summed E-state index contributed by atoms with van der Waals surface area (Å²) in [6, 6.07) is 16.3. The first kappa shape index (κ1) is 18.9. The third-order valence-electron chi connectivity index (χ3n) is 4.42. The van der Waals surface area contributed by atoms with E-state index in [9.17, 15) is 4.79 Å². The molecule has 0 radical (unpaired) electrons. The highest BCUT2D eigenvalue weighted by Gasteiger charge is 2.18. The molecule has 0 bridgehead atoms. The molecule has 0 saturated heterocycles. The Morgan fingerprint density at radius 3 is 2.30 bits per heavy atom. The highest BCUT2D eigenvalue weighted by molar-refractivity contribution is 5.99. The Morgan fingerprint density at radius 2 is 1.67 bits per heavy atom. The summed E-state index contributed by atoms with van der Waals surface area (Å²) >= 11 is 0. The second-order valence-corrected chi connectivity index (χ2v) is 6.77. The predicted octanol–water partition coefficient (Wildman–Crippen LogP) is 3.33. The number of carbonyl (C=O) groups excluding carboxylic acids is 1. The molecule has 1 amide bonds. The third-order valence-corrected chi connectivity index (χ3v) is 4.42. The number of hydrogen-bond acceptors (Lipinski definition) is 3. The summed E-state index contributed by atoms with van der Waals surface area (Å²) in [5.41, 5.74) is 5.63. The molecule has 3 rings (SSSR count). The van der Waals surface area contributed by atoms with Crippen molar-refractivity contribution in [3.63, 3.8) is 0 Å². The average Bonchev–Trinajstić information content (AvgIpc) is 3.08. The lowest BCUT2D eigenvalue weighted by Gasteiger charge is -2.04. The number of aliphatic hydroxyl groups excluding tert-OH is 1. The minimum Gasteiger partial charge on any atom is -0.396 e. The molecule has 2 aromatic carbocycles. The van der Waals surface area contributed by atoms with Crippen LogP contribution in [0.15, 0.2) is 54.7 Å². The van der Waals surface area contributed by atoms with E-state index in [1.807, 2.05) is 31.2 Å². The smallest absolute Gasteiger partial charge is 0.255 e. The van der Waals surface area contributed by atoms with Gasteiger partial charge in [0.05, 0.1) is 12.1 Å². The molecular weight excluding hydrogens is 338 g/mol. The second kappa shape index (κ2) is 8.64. The number of carbonyl (C=O) groups is 1. The molecule has 27 heavy (non-hydrogen) atoms. The van der Waals surface area contributed by atoms with E-state index < -0.39 is 0 Å². The third kappa shape index (κ3) is 4.83. The highest BCUT2D eigenvalue weighted by atomic mass is 16.3. The van der Waals surface area contributed by atoms with Crippen LogP contribution >= 0.6 is 0 Å². The van der Waals surface area contributed by atoms with Crippen LogP contribution in [0.2, 0.25) is 0 Å². The molecule has 1 aromatic heterocycles. The lowest BCUT2D eigenvalue weighted by atomic mass is 10.1. The zero-order valence-corrected chi connectivity index (χ0v) is 15.8. The van der Waals surface area contributed by atoms with Crippen LogP contribution in [0.1, 0.15) is 33.5 Å². The number of aryl methyl sites for hydroxylation is 2. The molecule has 0 aliphatic rings. The van der Waals surface area contributed by atoms with Crippen molar-refractivity contribution < 1.29 is 9.90 Å². The molecule has 0 aliphatic heterocycles. The summed E-state index contributed by atoms with van der Waals surface area (Å²) < 4.78 is 1.81. The molecular formula is C22H25N3O2. The van der Waals surface area contributed by atoms with Gasteiger partial charge >= 0.3 is 0 Å². The first-order valence-corrected chi connectivity index (χ1v) is 9.16. The molecule has 0 aliphatic carbocycles. The summed E-state index contributed by atoms with van der Waals surface area (Å²) in [6.07, 6.45) is 2.33. The number of aliphatic hydroxyl groups is 1. The van der Waals surface area contributed by atoms with Gasteiger partial charge in [0.25, 0.3) is 5.91 Å². The molecule has 2 N–H and O–H groups in total. The molecule has 140 valence electrons. The quantitative estimate of drug-likeness (QED) is 0.633. The number of rotatable bonds is 7. The van der Waals surface area contributed by atoms with Gasteiger partial charge in [-0.1, -0.05) is 59.7 Å². The van der Waals surface area contributed by atoms with Crippen LogP contribution in [-0.2, 0) is 6.54 Å². The summed E-state index contributed by atoms with van der Waals surface area (Å²) in [4.78, 5) is 12.6. The number of nitrogens with zero attached hydrogens (tertiary/aromatic N) is 2. The normalized spacial score (nSPS) is 10.8. The van der Waals surface area contributed by atoms with Crippen LogP contribution in [-0.4, -0.2) is 33.9 Å². The van der Waals surface area contributed by atoms with Gasteiger partial charge in [0.2, 0.25) is 0 Å². The van der Waals surface area contributed by atoms with Crippen molar-refractivity contribution in [2.45, 2.75) is 26.8 Å². The molecule has 0 unspecified atom stereocenters. The van der Waals surface area contributed by atoms with Gasteiger partial charge in [-0.15, -0.1) is 0 Å². The summed E-state index contributed by atoms with van der Waals surface area (Å²) in [5.74, 6) is -0.172. The van der Waals surface area contributed by atoms with Crippen molar-refractivity contribution in [3.05, 3.63) is 77.0 Å². The lowest BCUT2D eigenvalue weighted by molar-refractivity contribution is 0.0951. The molecule has 0 spiro atoms. The first-order chi connectivity index (χ1) is 13.1. The molecule has 1 heterocycles. The Balaban J connectivity index is 1.91. The summed E-state index contributed by atoms with van der Waals surface area (Å²) in [6.45, 7) is 5.18. The van der Waals surface area contributed by atoms with Crippen LogP contribution < -0.4 is 5.32 Å². The number of hydrogen-bond donors (Lipinski definition) is 2. The maximum Gasteiger partial charge on any atom is 0.255 e. The van der Waals surface area contributed by atoms with Crippen molar-refractivity contribution in [3.8, 4) is 11.3 Å². The van der Waals surface area contributed by atoms with E-state index >= 15 is 0 Å². The minimum atomic E-state index is -0.172. The fraction of sp³-hybridized carbons (Fsp3) is 0.273. The standard InChI is InChI=1S/C22H25N3O2/c1-16-4-8-18(9-5-16)14-25-15-20(22(27)23-12-3-13-26)21(24-25)19-10-6-17(2)7-11-19/h4-11,15,26H,3,12-14H2,1-2H3,(H,23,27). The van der Waals surface area contributed by atoms with Gasteiger partial charge in [-0.3, -0.25) is 9.48 Å². The molecule has 0 fully saturated rings. The van der Waals surface area contributed by atoms with Gasteiger partial charge in [-0.05, 0) is 25.8 Å². The van der Waals surface area contributed by atoms with Crippen LogP contribution in [0.4, 0.5) is 0 Å². The van der Waals surface area contributed by atoms with Crippen molar-refractivity contribution >= 4 is 5.91 Å². The fourth-order valence-electron chi connectivity index (χ4n) is 2.85. The van der Waals surface area contributed by atoms with Crippen molar-refractivity contribution in [2.24, 2.45) is 0 Å². The number of amides is 1. The maximum absolute atomic E-state index is 12.6. The Hall–Kier alpha value is -2.92. The monoisotopic (exact) mass is 363 g/mol. The van der Waals surface area contributed by atoms with Crippen molar-refractivity contribution in [1.29, 1.82) is 0 Å². The van der Waals surface area contributed by atoms with Crippen molar-refractivity contribution in [1.82, 2.24) is 15.1 Å². The number of benzene rings is 2. The molecule has 0 atom stereocenters. The predicted molar refractivity (Wildman–Crippen MR) is 107 cm³/mol. The Labute approximate surface area is 159 Å². The zero-order chi connectivity index (χ0) is 19.2. The molecule has 5 heteroatoms. The van der Waals surface area contributed by atoms with E-state index in [1.54, 1.807) is 10.9 Å². The van der Waals surface area contributed by atoms with E-state index in [0.29, 0.717) is 30.8 Å². The van der Waals surface area contributed by atoms with E-state index in [-0.39, 0.29) is 12.5 Å².